The highest BCUT2D eigenvalue weighted by Crippen LogP contribution is 2.21. The van der Waals surface area contributed by atoms with E-state index in [0.717, 1.165) is 50.8 Å². The molecule has 1 unspecified atom stereocenters. The molecule has 0 amide bonds. The van der Waals surface area contributed by atoms with Crippen molar-refractivity contribution in [2.75, 3.05) is 36.9 Å². The Bertz CT molecular complexity index is 391. The second kappa shape index (κ2) is 7.28. The van der Waals surface area contributed by atoms with Gasteiger partial charge in [-0.15, -0.1) is 0 Å². The van der Waals surface area contributed by atoms with Crippen LogP contribution in [0.4, 0.5) is 11.6 Å². The molecule has 1 fully saturated rings. The van der Waals surface area contributed by atoms with Gasteiger partial charge in [-0.1, -0.05) is 6.92 Å². The van der Waals surface area contributed by atoms with Crippen LogP contribution >= 0.6 is 0 Å². The fourth-order valence-electron chi connectivity index (χ4n) is 2.43. The van der Waals surface area contributed by atoms with E-state index in [1.807, 2.05) is 0 Å². The van der Waals surface area contributed by atoms with E-state index < -0.39 is 0 Å². The molecule has 106 valence electrons. The Labute approximate surface area is 115 Å². The highest BCUT2D eigenvalue weighted by atomic mass is 16.5. The second-order valence-electron chi connectivity index (χ2n) is 4.88. The minimum Gasteiger partial charge on any atom is -0.381 e. The number of ether oxygens (including phenoxy) is 1. The van der Waals surface area contributed by atoms with Crippen LogP contribution in [0.5, 0.6) is 0 Å². The Kier molecular flexibility index (Phi) is 5.39. The molecular weight excluding hydrogens is 240 g/mol. The molecular formula is C14H24N4O. The van der Waals surface area contributed by atoms with Gasteiger partial charge in [0.15, 0.2) is 0 Å². The molecule has 0 bridgehead atoms. The summed E-state index contributed by atoms with van der Waals surface area (Å²) in [4.78, 5) is 8.67. The molecule has 1 aliphatic rings. The minimum atomic E-state index is 0.702. The second-order valence-corrected chi connectivity index (χ2v) is 4.88. The Morgan fingerprint density at radius 3 is 2.68 bits per heavy atom. The van der Waals surface area contributed by atoms with Gasteiger partial charge in [-0.2, -0.15) is 0 Å². The molecule has 19 heavy (non-hydrogen) atoms. The van der Waals surface area contributed by atoms with Crippen LogP contribution in [-0.4, -0.2) is 36.3 Å². The Hall–Kier alpha value is -1.36. The minimum absolute atomic E-state index is 0.702. The monoisotopic (exact) mass is 264 g/mol. The molecule has 0 spiro atoms. The topological polar surface area (TPSA) is 59.1 Å². The molecule has 1 aromatic rings. The highest BCUT2D eigenvalue weighted by molar-refractivity contribution is 5.57. The van der Waals surface area contributed by atoms with Crippen molar-refractivity contribution in [2.24, 2.45) is 5.92 Å². The van der Waals surface area contributed by atoms with Crippen LogP contribution in [0.3, 0.4) is 0 Å². The Morgan fingerprint density at radius 1 is 1.26 bits per heavy atom. The number of hydrogen-bond donors (Lipinski definition) is 2. The molecule has 1 aromatic heterocycles. The summed E-state index contributed by atoms with van der Waals surface area (Å²) in [5.41, 5.74) is 1.17. The maximum absolute atomic E-state index is 5.39. The lowest BCUT2D eigenvalue weighted by atomic mass is 10.1. The zero-order chi connectivity index (χ0) is 13.5. The lowest BCUT2D eigenvalue weighted by molar-refractivity contribution is 0.185. The van der Waals surface area contributed by atoms with E-state index in [2.05, 4.69) is 34.4 Å². The number of nitrogens with zero attached hydrogens (tertiary/aromatic N) is 2. The van der Waals surface area contributed by atoms with Crippen molar-refractivity contribution >= 4 is 11.6 Å². The molecule has 1 aliphatic heterocycles. The van der Waals surface area contributed by atoms with Crippen molar-refractivity contribution in [3.8, 4) is 0 Å². The summed E-state index contributed by atoms with van der Waals surface area (Å²) in [6, 6.07) is 0. The van der Waals surface area contributed by atoms with Gasteiger partial charge in [-0.3, -0.25) is 0 Å². The van der Waals surface area contributed by atoms with E-state index in [1.54, 1.807) is 6.33 Å². The van der Waals surface area contributed by atoms with E-state index in [1.165, 1.54) is 12.0 Å². The predicted molar refractivity (Wildman–Crippen MR) is 77.6 cm³/mol. The maximum atomic E-state index is 5.39. The first-order valence-corrected chi connectivity index (χ1v) is 7.24. The lowest BCUT2D eigenvalue weighted by Gasteiger charge is -2.14. The van der Waals surface area contributed by atoms with Crippen molar-refractivity contribution in [1.29, 1.82) is 0 Å². The third-order valence-electron chi connectivity index (χ3n) is 3.51. The van der Waals surface area contributed by atoms with Crippen molar-refractivity contribution < 1.29 is 4.74 Å². The normalized spacial score (nSPS) is 18.5. The zero-order valence-corrected chi connectivity index (χ0v) is 11.9. The molecule has 0 aromatic carbocycles. The van der Waals surface area contributed by atoms with E-state index in [0.29, 0.717) is 5.92 Å². The standard InChI is InChI=1S/C14H24N4O/c1-3-12-13(15-4-2)17-10-18-14(12)16-7-5-11-6-8-19-9-11/h10-11H,3-9H2,1-2H3,(H2,15,16,17,18). The van der Waals surface area contributed by atoms with Crippen LogP contribution in [-0.2, 0) is 11.2 Å². The third-order valence-corrected chi connectivity index (χ3v) is 3.51. The average Bonchev–Trinajstić information content (AvgIpc) is 2.93. The SMILES string of the molecule is CCNc1ncnc(NCCC2CCOC2)c1CC. The molecule has 1 atom stereocenters. The number of rotatable bonds is 7. The van der Waals surface area contributed by atoms with Gasteiger partial charge in [0.05, 0.1) is 0 Å². The van der Waals surface area contributed by atoms with Gasteiger partial charge in [0.1, 0.15) is 18.0 Å². The Morgan fingerprint density at radius 2 is 2.05 bits per heavy atom. The predicted octanol–water partition coefficient (Wildman–Crippen LogP) is 2.31. The van der Waals surface area contributed by atoms with Crippen LogP contribution in [0.25, 0.3) is 0 Å². The van der Waals surface area contributed by atoms with Crippen LogP contribution < -0.4 is 10.6 Å². The van der Waals surface area contributed by atoms with Gasteiger partial charge >= 0.3 is 0 Å². The van der Waals surface area contributed by atoms with Crippen molar-refractivity contribution in [3.63, 3.8) is 0 Å². The molecule has 1 saturated heterocycles. The number of hydrogen-bond acceptors (Lipinski definition) is 5. The molecule has 0 aliphatic carbocycles. The zero-order valence-electron chi connectivity index (χ0n) is 11.9. The quantitative estimate of drug-likeness (QED) is 0.791. The fourth-order valence-corrected chi connectivity index (χ4v) is 2.43. The lowest BCUT2D eigenvalue weighted by Crippen LogP contribution is -2.13. The largest absolute Gasteiger partial charge is 0.381 e. The van der Waals surface area contributed by atoms with Crippen LogP contribution in [0.1, 0.15) is 32.3 Å². The first kappa shape index (κ1) is 14.1. The number of anilines is 2. The fraction of sp³-hybridized carbons (Fsp3) is 0.714. The molecule has 2 heterocycles. The number of nitrogens with one attached hydrogen (secondary N) is 2. The van der Waals surface area contributed by atoms with Gasteiger partial charge in [0, 0.05) is 31.9 Å². The van der Waals surface area contributed by atoms with Gasteiger partial charge in [0.2, 0.25) is 0 Å². The molecule has 0 saturated carbocycles. The Balaban J connectivity index is 1.92. The third kappa shape index (κ3) is 3.80. The summed E-state index contributed by atoms with van der Waals surface area (Å²) in [7, 11) is 0. The van der Waals surface area contributed by atoms with Crippen molar-refractivity contribution in [1.82, 2.24) is 9.97 Å². The summed E-state index contributed by atoms with van der Waals surface area (Å²) < 4.78 is 5.39. The summed E-state index contributed by atoms with van der Waals surface area (Å²) in [6.07, 6.45) is 4.88. The summed E-state index contributed by atoms with van der Waals surface area (Å²) in [5, 5.41) is 6.73. The number of aromatic nitrogens is 2. The van der Waals surface area contributed by atoms with E-state index >= 15 is 0 Å². The van der Waals surface area contributed by atoms with Crippen molar-refractivity contribution in [3.05, 3.63) is 11.9 Å². The van der Waals surface area contributed by atoms with Gasteiger partial charge in [-0.25, -0.2) is 9.97 Å². The van der Waals surface area contributed by atoms with E-state index in [4.69, 9.17) is 4.74 Å². The van der Waals surface area contributed by atoms with Crippen molar-refractivity contribution in [2.45, 2.75) is 33.1 Å². The smallest absolute Gasteiger partial charge is 0.134 e. The maximum Gasteiger partial charge on any atom is 0.134 e. The molecule has 5 nitrogen and oxygen atoms in total. The van der Waals surface area contributed by atoms with Gasteiger partial charge < -0.3 is 15.4 Å². The van der Waals surface area contributed by atoms with Gasteiger partial charge in [0.25, 0.3) is 0 Å². The molecule has 0 radical (unpaired) electrons. The molecule has 5 heteroatoms. The highest BCUT2D eigenvalue weighted by Gasteiger charge is 2.15. The summed E-state index contributed by atoms with van der Waals surface area (Å²) >= 11 is 0. The molecule has 2 rings (SSSR count). The van der Waals surface area contributed by atoms with E-state index in [9.17, 15) is 0 Å². The summed E-state index contributed by atoms with van der Waals surface area (Å²) in [5.74, 6) is 2.62. The first-order chi connectivity index (χ1) is 9.35. The summed E-state index contributed by atoms with van der Waals surface area (Å²) in [6.45, 7) is 7.87. The van der Waals surface area contributed by atoms with Gasteiger partial charge in [-0.05, 0) is 32.1 Å². The molecule has 2 N–H and O–H groups in total. The first-order valence-electron chi connectivity index (χ1n) is 7.24. The average molecular weight is 264 g/mol. The van der Waals surface area contributed by atoms with Crippen LogP contribution in [0.2, 0.25) is 0 Å². The van der Waals surface area contributed by atoms with E-state index in [-0.39, 0.29) is 0 Å². The van der Waals surface area contributed by atoms with Crippen LogP contribution in [0.15, 0.2) is 6.33 Å². The van der Waals surface area contributed by atoms with Crippen LogP contribution in [0, 0.1) is 5.92 Å².